The summed E-state index contributed by atoms with van der Waals surface area (Å²) in [6, 6.07) is 18.4. The van der Waals surface area contributed by atoms with Gasteiger partial charge < -0.3 is 15.1 Å². The molecule has 0 aliphatic carbocycles. The van der Waals surface area contributed by atoms with Gasteiger partial charge >= 0.3 is 0 Å². The second-order valence-electron chi connectivity index (χ2n) is 6.94. The maximum atomic E-state index is 5.45. The largest absolute Gasteiger partial charge is 0.468 e. The monoisotopic (exact) mass is 391 g/mol. The van der Waals surface area contributed by atoms with Gasteiger partial charge in [0.25, 0.3) is 0 Å². The van der Waals surface area contributed by atoms with Gasteiger partial charge in [-0.05, 0) is 42.4 Å². The van der Waals surface area contributed by atoms with E-state index in [1.54, 1.807) is 13.3 Å². The Morgan fingerprint density at radius 2 is 1.83 bits per heavy atom. The molecule has 0 radical (unpaired) electrons. The summed E-state index contributed by atoms with van der Waals surface area (Å²) in [5, 5.41) is 6.77. The van der Waals surface area contributed by atoms with Gasteiger partial charge in [0.15, 0.2) is 5.96 Å². The Bertz CT molecular complexity index is 877. The van der Waals surface area contributed by atoms with E-state index < -0.39 is 0 Å². The minimum Gasteiger partial charge on any atom is -0.468 e. The third kappa shape index (κ3) is 6.76. The summed E-state index contributed by atoms with van der Waals surface area (Å²) in [5.74, 6) is 1.76. The van der Waals surface area contributed by atoms with E-state index in [0.717, 1.165) is 43.5 Å². The fourth-order valence-corrected chi connectivity index (χ4v) is 3.15. The number of aliphatic imine (C=N–C) groups is 1. The van der Waals surface area contributed by atoms with Crippen LogP contribution >= 0.6 is 0 Å². The van der Waals surface area contributed by atoms with Crippen LogP contribution in [0.25, 0.3) is 0 Å². The van der Waals surface area contributed by atoms with Crippen LogP contribution in [0.15, 0.2) is 76.5 Å². The van der Waals surface area contributed by atoms with E-state index in [0.29, 0.717) is 6.54 Å². The van der Waals surface area contributed by atoms with Crippen LogP contribution in [0.5, 0.6) is 0 Å². The number of pyridine rings is 1. The molecule has 2 aromatic heterocycles. The molecule has 2 N–H and O–H groups in total. The zero-order valence-corrected chi connectivity index (χ0v) is 17.1. The van der Waals surface area contributed by atoms with E-state index in [1.807, 2.05) is 36.5 Å². The van der Waals surface area contributed by atoms with Crippen LogP contribution in [0, 0.1) is 0 Å². The summed E-state index contributed by atoms with van der Waals surface area (Å²) in [7, 11) is 3.89. The van der Waals surface area contributed by atoms with Gasteiger partial charge in [-0.15, -0.1) is 0 Å². The quantitative estimate of drug-likeness (QED) is 0.433. The Balaban J connectivity index is 1.50. The number of nitrogens with one attached hydrogen (secondary N) is 2. The maximum Gasteiger partial charge on any atom is 0.191 e. The predicted octanol–water partition coefficient (Wildman–Crippen LogP) is 3.21. The van der Waals surface area contributed by atoms with Crippen molar-refractivity contribution in [1.82, 2.24) is 20.5 Å². The molecule has 1 aromatic carbocycles. The van der Waals surface area contributed by atoms with Crippen LogP contribution in [-0.4, -0.2) is 36.5 Å². The SMILES string of the molecule is CN=C(NCCc1ccccn1)NCc1ccccc1CN(C)Cc1ccco1. The first-order valence-electron chi connectivity index (χ1n) is 9.86. The highest BCUT2D eigenvalue weighted by atomic mass is 16.3. The molecular weight excluding hydrogens is 362 g/mol. The van der Waals surface area contributed by atoms with Gasteiger partial charge in [0.2, 0.25) is 0 Å². The number of rotatable bonds is 9. The van der Waals surface area contributed by atoms with E-state index in [4.69, 9.17) is 4.42 Å². The highest BCUT2D eigenvalue weighted by Gasteiger charge is 2.08. The molecule has 3 aromatic rings. The highest BCUT2D eigenvalue weighted by molar-refractivity contribution is 5.79. The molecule has 0 spiro atoms. The number of benzene rings is 1. The lowest BCUT2D eigenvalue weighted by atomic mass is 10.1. The first-order chi connectivity index (χ1) is 14.2. The van der Waals surface area contributed by atoms with Crippen LogP contribution in [0.2, 0.25) is 0 Å². The molecule has 6 nitrogen and oxygen atoms in total. The molecule has 0 bridgehead atoms. The van der Waals surface area contributed by atoms with Gasteiger partial charge in [-0.25, -0.2) is 0 Å². The van der Waals surface area contributed by atoms with Crippen LogP contribution in [0.1, 0.15) is 22.6 Å². The van der Waals surface area contributed by atoms with Crippen molar-refractivity contribution in [3.63, 3.8) is 0 Å². The van der Waals surface area contributed by atoms with Gasteiger partial charge in [-0.2, -0.15) is 0 Å². The Hall–Kier alpha value is -3.12. The number of nitrogens with zero attached hydrogens (tertiary/aromatic N) is 3. The molecule has 0 amide bonds. The molecule has 0 saturated carbocycles. The van der Waals surface area contributed by atoms with Crippen molar-refractivity contribution >= 4 is 5.96 Å². The summed E-state index contributed by atoms with van der Waals surface area (Å²) >= 11 is 0. The first kappa shape index (κ1) is 20.6. The van der Waals surface area contributed by atoms with E-state index in [1.165, 1.54) is 11.1 Å². The van der Waals surface area contributed by atoms with E-state index in [9.17, 15) is 0 Å². The zero-order valence-electron chi connectivity index (χ0n) is 17.1. The van der Waals surface area contributed by atoms with Crippen LogP contribution in [-0.2, 0) is 26.1 Å². The van der Waals surface area contributed by atoms with E-state index in [2.05, 4.69) is 56.8 Å². The number of guanidine groups is 1. The van der Waals surface area contributed by atoms with Crippen molar-refractivity contribution in [2.24, 2.45) is 4.99 Å². The number of furan rings is 1. The normalized spacial score (nSPS) is 11.6. The molecule has 152 valence electrons. The van der Waals surface area contributed by atoms with Crippen molar-refractivity contribution in [1.29, 1.82) is 0 Å². The summed E-state index contributed by atoms with van der Waals surface area (Å²) in [6.07, 6.45) is 4.39. The fourth-order valence-electron chi connectivity index (χ4n) is 3.15. The van der Waals surface area contributed by atoms with Crippen molar-refractivity contribution in [2.45, 2.75) is 26.1 Å². The van der Waals surface area contributed by atoms with E-state index in [-0.39, 0.29) is 0 Å². The molecule has 0 aliphatic rings. The van der Waals surface area contributed by atoms with Gasteiger partial charge in [-0.1, -0.05) is 30.3 Å². The third-order valence-electron chi connectivity index (χ3n) is 4.63. The van der Waals surface area contributed by atoms with Crippen LogP contribution < -0.4 is 10.6 Å². The topological polar surface area (TPSA) is 65.7 Å². The van der Waals surface area contributed by atoms with Gasteiger partial charge in [0.1, 0.15) is 5.76 Å². The van der Waals surface area contributed by atoms with Gasteiger partial charge in [-0.3, -0.25) is 14.9 Å². The summed E-state index contributed by atoms with van der Waals surface area (Å²) < 4.78 is 5.45. The van der Waals surface area contributed by atoms with Crippen LogP contribution in [0.4, 0.5) is 0 Å². The lowest BCUT2D eigenvalue weighted by Crippen LogP contribution is -2.38. The molecule has 0 aliphatic heterocycles. The van der Waals surface area contributed by atoms with E-state index >= 15 is 0 Å². The summed E-state index contributed by atoms with van der Waals surface area (Å²) in [6.45, 7) is 3.13. The van der Waals surface area contributed by atoms with Crippen molar-refractivity contribution < 1.29 is 4.42 Å². The second-order valence-corrected chi connectivity index (χ2v) is 6.94. The third-order valence-corrected chi connectivity index (χ3v) is 4.63. The predicted molar refractivity (Wildman–Crippen MR) is 116 cm³/mol. The van der Waals surface area contributed by atoms with Crippen molar-refractivity contribution in [3.05, 3.63) is 89.6 Å². The summed E-state index contributed by atoms with van der Waals surface area (Å²) in [4.78, 5) is 10.9. The Kier molecular flexibility index (Phi) is 7.83. The van der Waals surface area contributed by atoms with Gasteiger partial charge in [0.05, 0.1) is 12.8 Å². The number of aromatic nitrogens is 1. The van der Waals surface area contributed by atoms with Crippen molar-refractivity contribution in [2.75, 3.05) is 20.6 Å². The highest BCUT2D eigenvalue weighted by Crippen LogP contribution is 2.13. The smallest absolute Gasteiger partial charge is 0.191 e. The standard InChI is InChI=1S/C23H29N5O/c1-24-23(26-14-12-21-10-5-6-13-25-21)27-16-19-8-3-4-9-20(19)17-28(2)18-22-11-7-15-29-22/h3-11,13,15H,12,14,16-18H2,1-2H3,(H2,24,26,27). The van der Waals surface area contributed by atoms with Crippen molar-refractivity contribution in [3.8, 4) is 0 Å². The molecule has 0 saturated heterocycles. The molecule has 0 atom stereocenters. The fraction of sp³-hybridized carbons (Fsp3) is 0.304. The molecule has 2 heterocycles. The maximum absolute atomic E-state index is 5.45. The minimum absolute atomic E-state index is 0.716. The average Bonchev–Trinajstić information content (AvgIpc) is 3.25. The number of hydrogen-bond donors (Lipinski definition) is 2. The summed E-state index contributed by atoms with van der Waals surface area (Å²) in [5.41, 5.74) is 3.62. The molecule has 6 heteroatoms. The Labute approximate surface area is 172 Å². The van der Waals surface area contributed by atoms with Gasteiger partial charge in [0, 0.05) is 45.0 Å². The van der Waals surface area contributed by atoms with Crippen LogP contribution in [0.3, 0.4) is 0 Å². The Morgan fingerprint density at radius 1 is 1.00 bits per heavy atom. The first-order valence-corrected chi connectivity index (χ1v) is 9.86. The molecule has 0 unspecified atom stereocenters. The second kappa shape index (κ2) is 11.0. The number of hydrogen-bond acceptors (Lipinski definition) is 4. The lowest BCUT2D eigenvalue weighted by molar-refractivity contribution is 0.287. The average molecular weight is 392 g/mol. The molecule has 3 rings (SSSR count). The molecular formula is C23H29N5O. The zero-order chi connectivity index (χ0) is 20.3. The Morgan fingerprint density at radius 3 is 2.55 bits per heavy atom. The lowest BCUT2D eigenvalue weighted by Gasteiger charge is -2.19. The molecule has 29 heavy (non-hydrogen) atoms. The minimum atomic E-state index is 0.716. The molecule has 0 fully saturated rings.